The van der Waals surface area contributed by atoms with Crippen molar-refractivity contribution < 1.29 is 23.0 Å². The second kappa shape index (κ2) is 8.21. The summed E-state index contributed by atoms with van der Waals surface area (Å²) in [6.45, 7) is 0.189. The maximum atomic E-state index is 12.7. The monoisotopic (exact) mass is 353 g/mol. The molecule has 0 radical (unpaired) electrons. The zero-order valence-electron chi connectivity index (χ0n) is 13.9. The fourth-order valence-electron chi connectivity index (χ4n) is 2.43. The Hall–Kier alpha value is -1.99. The van der Waals surface area contributed by atoms with E-state index in [1.165, 1.54) is 30.3 Å². The predicted octanol–water partition coefficient (Wildman–Crippen LogP) is 2.45. The van der Waals surface area contributed by atoms with Gasteiger partial charge in [-0.1, -0.05) is 6.42 Å². The first-order valence-electron chi connectivity index (χ1n) is 7.78. The molecule has 0 aliphatic heterocycles. The van der Waals surface area contributed by atoms with Gasteiger partial charge in [0, 0.05) is 25.1 Å². The van der Waals surface area contributed by atoms with E-state index in [0.29, 0.717) is 11.5 Å². The fraction of sp³-hybridized carbons (Fsp3) is 0.412. The van der Waals surface area contributed by atoms with Crippen LogP contribution in [0.1, 0.15) is 24.8 Å². The second-order valence-electron chi connectivity index (χ2n) is 5.41. The van der Waals surface area contributed by atoms with Crippen molar-refractivity contribution in [3.8, 4) is 11.5 Å². The molecule has 0 saturated heterocycles. The van der Waals surface area contributed by atoms with Crippen molar-refractivity contribution in [2.45, 2.75) is 30.6 Å². The van der Waals surface area contributed by atoms with Gasteiger partial charge in [-0.25, -0.2) is 12.4 Å². The largest absolute Gasteiger partial charge is 0.493 e. The Bertz CT molecular complexity index is 767. The van der Waals surface area contributed by atoms with E-state index in [4.69, 9.17) is 14.6 Å². The van der Waals surface area contributed by atoms with Crippen molar-refractivity contribution >= 4 is 10.0 Å². The molecule has 1 heterocycles. The summed E-state index contributed by atoms with van der Waals surface area (Å²) in [7, 11) is -0.702. The smallest absolute Gasteiger partial charge is 0.267 e. The van der Waals surface area contributed by atoms with Gasteiger partial charge < -0.3 is 14.6 Å². The summed E-state index contributed by atoms with van der Waals surface area (Å²) >= 11 is 0. The van der Waals surface area contributed by atoms with Crippen LogP contribution < -0.4 is 9.47 Å². The number of unbranched alkanes of at least 4 members (excludes halogenated alkanes) is 2. The van der Waals surface area contributed by atoms with Gasteiger partial charge in [0.15, 0.2) is 11.5 Å². The quantitative estimate of drug-likeness (QED) is 0.701. The van der Waals surface area contributed by atoms with Gasteiger partial charge in [0.2, 0.25) is 0 Å². The van der Waals surface area contributed by atoms with Crippen LogP contribution in [0.4, 0.5) is 0 Å². The highest BCUT2D eigenvalue weighted by Gasteiger charge is 2.19. The summed E-state index contributed by atoms with van der Waals surface area (Å²) in [5, 5.41) is 8.78. The molecule has 0 spiro atoms. The van der Waals surface area contributed by atoms with Gasteiger partial charge in [-0.15, -0.1) is 0 Å². The summed E-state index contributed by atoms with van der Waals surface area (Å²) in [6, 6.07) is 6.33. The van der Waals surface area contributed by atoms with Gasteiger partial charge in [-0.05, 0) is 43.0 Å². The Morgan fingerprint density at radius 3 is 2.46 bits per heavy atom. The number of aryl methyl sites for hydroxylation is 1. The molecule has 0 bridgehead atoms. The molecule has 1 aromatic carbocycles. The molecule has 0 aliphatic rings. The number of aromatic nitrogens is 1. The van der Waals surface area contributed by atoms with Crippen LogP contribution in [-0.2, 0) is 16.4 Å². The van der Waals surface area contributed by atoms with Gasteiger partial charge in [0.25, 0.3) is 10.0 Å². The first-order chi connectivity index (χ1) is 11.5. The molecule has 0 saturated carbocycles. The molecule has 132 valence electrons. The first kappa shape index (κ1) is 18.4. The Kier molecular flexibility index (Phi) is 6.28. The van der Waals surface area contributed by atoms with Gasteiger partial charge in [0.05, 0.1) is 19.1 Å². The van der Waals surface area contributed by atoms with E-state index >= 15 is 0 Å². The highest BCUT2D eigenvalue weighted by Crippen LogP contribution is 2.30. The van der Waals surface area contributed by atoms with Crippen molar-refractivity contribution in [3.63, 3.8) is 0 Å². The number of nitrogens with zero attached hydrogens (tertiary/aromatic N) is 1. The van der Waals surface area contributed by atoms with Crippen molar-refractivity contribution in [2.24, 2.45) is 0 Å². The molecule has 0 amide bonds. The lowest BCUT2D eigenvalue weighted by Crippen LogP contribution is -2.11. The van der Waals surface area contributed by atoms with Crippen LogP contribution >= 0.6 is 0 Å². The lowest BCUT2D eigenvalue weighted by molar-refractivity contribution is 0.283. The van der Waals surface area contributed by atoms with E-state index in [0.717, 1.165) is 31.2 Å². The standard InChI is InChI=1S/C17H23NO5S/c1-22-16-8-7-15(12-17(16)23-2)24(20,21)18-10-9-14(13-18)6-4-3-5-11-19/h7-10,12-13,19H,3-6,11H2,1-2H3. The van der Waals surface area contributed by atoms with Crippen LogP contribution in [0.2, 0.25) is 0 Å². The molecule has 1 aromatic heterocycles. The SMILES string of the molecule is COc1ccc(S(=O)(=O)n2ccc(CCCCCO)c2)cc1OC. The number of aliphatic hydroxyl groups is 1. The van der Waals surface area contributed by atoms with Crippen LogP contribution in [0.25, 0.3) is 0 Å². The highest BCUT2D eigenvalue weighted by molar-refractivity contribution is 7.90. The van der Waals surface area contributed by atoms with Crippen LogP contribution in [0, 0.1) is 0 Å². The third-order valence-corrected chi connectivity index (χ3v) is 5.41. The molecule has 2 aromatic rings. The Balaban J connectivity index is 2.20. The van der Waals surface area contributed by atoms with Crippen LogP contribution in [-0.4, -0.2) is 38.3 Å². The number of rotatable bonds is 9. The minimum Gasteiger partial charge on any atom is -0.493 e. The van der Waals surface area contributed by atoms with Crippen LogP contribution in [0.5, 0.6) is 11.5 Å². The average Bonchev–Trinajstić information content (AvgIpc) is 3.07. The zero-order chi connectivity index (χ0) is 17.6. The van der Waals surface area contributed by atoms with E-state index in [1.54, 1.807) is 24.5 Å². The van der Waals surface area contributed by atoms with Gasteiger partial charge in [-0.3, -0.25) is 0 Å². The second-order valence-corrected chi connectivity index (χ2v) is 7.25. The molecule has 0 atom stereocenters. The first-order valence-corrected chi connectivity index (χ1v) is 9.22. The maximum absolute atomic E-state index is 12.7. The molecular weight excluding hydrogens is 330 g/mol. The predicted molar refractivity (Wildman–Crippen MR) is 91.2 cm³/mol. The third-order valence-electron chi connectivity index (χ3n) is 3.78. The minimum atomic E-state index is -3.67. The van der Waals surface area contributed by atoms with Gasteiger partial charge >= 0.3 is 0 Å². The lowest BCUT2D eigenvalue weighted by Gasteiger charge is -2.10. The molecule has 0 unspecified atom stereocenters. The Labute approximate surface area is 142 Å². The number of ether oxygens (including phenoxy) is 2. The maximum Gasteiger partial charge on any atom is 0.267 e. The normalized spacial score (nSPS) is 11.5. The molecule has 6 nitrogen and oxygen atoms in total. The van der Waals surface area contributed by atoms with E-state index in [-0.39, 0.29) is 11.5 Å². The molecule has 0 aliphatic carbocycles. The summed E-state index contributed by atoms with van der Waals surface area (Å²) in [4.78, 5) is 0.141. The van der Waals surface area contributed by atoms with E-state index < -0.39 is 10.0 Å². The van der Waals surface area contributed by atoms with E-state index in [1.807, 2.05) is 0 Å². The highest BCUT2D eigenvalue weighted by atomic mass is 32.2. The van der Waals surface area contributed by atoms with Crippen molar-refractivity contribution in [3.05, 3.63) is 42.2 Å². The van der Waals surface area contributed by atoms with Crippen LogP contribution in [0.15, 0.2) is 41.6 Å². The summed E-state index contributed by atoms with van der Waals surface area (Å²) in [5.74, 6) is 0.850. The van der Waals surface area contributed by atoms with E-state index in [2.05, 4.69) is 0 Å². The zero-order valence-corrected chi connectivity index (χ0v) is 14.8. The summed E-state index contributed by atoms with van der Waals surface area (Å²) in [6.07, 6.45) is 6.57. The Morgan fingerprint density at radius 2 is 1.79 bits per heavy atom. The lowest BCUT2D eigenvalue weighted by atomic mass is 10.1. The fourth-order valence-corrected chi connectivity index (χ4v) is 3.67. The minimum absolute atomic E-state index is 0.141. The molecular formula is C17H23NO5S. The molecule has 7 heteroatoms. The molecule has 1 N–H and O–H groups in total. The van der Waals surface area contributed by atoms with Crippen molar-refractivity contribution in [1.29, 1.82) is 0 Å². The van der Waals surface area contributed by atoms with Crippen molar-refractivity contribution in [1.82, 2.24) is 3.97 Å². The molecule has 2 rings (SSSR count). The van der Waals surface area contributed by atoms with Crippen LogP contribution in [0.3, 0.4) is 0 Å². The molecule has 24 heavy (non-hydrogen) atoms. The van der Waals surface area contributed by atoms with Gasteiger partial charge in [-0.2, -0.15) is 0 Å². The Morgan fingerprint density at radius 1 is 1.04 bits per heavy atom. The number of aliphatic hydroxyl groups excluding tert-OH is 1. The number of methoxy groups -OCH3 is 2. The number of hydrogen-bond donors (Lipinski definition) is 1. The van der Waals surface area contributed by atoms with Crippen molar-refractivity contribution in [2.75, 3.05) is 20.8 Å². The third kappa shape index (κ3) is 4.10. The number of benzene rings is 1. The van der Waals surface area contributed by atoms with Gasteiger partial charge in [0.1, 0.15) is 0 Å². The topological polar surface area (TPSA) is 77.8 Å². The molecule has 0 fully saturated rings. The van der Waals surface area contributed by atoms with E-state index in [9.17, 15) is 8.42 Å². The summed E-state index contributed by atoms with van der Waals surface area (Å²) < 4.78 is 37.0. The summed E-state index contributed by atoms with van der Waals surface area (Å²) in [5.41, 5.74) is 0.956. The number of hydrogen-bond acceptors (Lipinski definition) is 5. The average molecular weight is 353 g/mol.